The molecule has 0 amide bonds. The smallest absolute Gasteiger partial charge is 0.416 e. The zero-order valence-electron chi connectivity index (χ0n) is 21.7. The van der Waals surface area contributed by atoms with Crippen LogP contribution in [0.2, 0.25) is 0 Å². The second-order valence-corrected chi connectivity index (χ2v) is 9.89. The summed E-state index contributed by atoms with van der Waals surface area (Å²) in [4.78, 5) is 22.0. The normalized spacial score (nSPS) is 13.8. The molecule has 1 heterocycles. The van der Waals surface area contributed by atoms with Crippen molar-refractivity contribution in [3.8, 4) is 11.3 Å². The zero-order valence-corrected chi connectivity index (χ0v) is 22.5. The minimum Gasteiger partial charge on any atom is -0.476 e. The largest absolute Gasteiger partial charge is 0.476 e. The molecule has 0 aliphatic carbocycles. The summed E-state index contributed by atoms with van der Waals surface area (Å²) < 4.78 is 58.7. The Balaban J connectivity index is 2.20. The van der Waals surface area contributed by atoms with Gasteiger partial charge in [0.1, 0.15) is 5.82 Å². The second kappa shape index (κ2) is 13.0. The van der Waals surface area contributed by atoms with Crippen LogP contribution in [0.5, 0.6) is 0 Å². The highest BCUT2D eigenvalue weighted by Crippen LogP contribution is 2.42. The molecule has 0 spiro atoms. The number of carboxylic acids is 1. The number of aliphatic imine (C=N–C) groups is 1. The molecule has 1 unspecified atom stereocenters. The van der Waals surface area contributed by atoms with Crippen LogP contribution in [0.15, 0.2) is 59.2 Å². The van der Waals surface area contributed by atoms with Gasteiger partial charge >= 0.3 is 12.1 Å². The van der Waals surface area contributed by atoms with Gasteiger partial charge in [-0.3, -0.25) is 0 Å². The van der Waals surface area contributed by atoms with Crippen molar-refractivity contribution in [2.75, 3.05) is 13.7 Å². The van der Waals surface area contributed by atoms with Gasteiger partial charge in [-0.2, -0.15) is 13.2 Å². The number of alkyl halides is 3. The second-order valence-electron chi connectivity index (χ2n) is 8.89. The van der Waals surface area contributed by atoms with Crippen LogP contribution in [0, 0.1) is 5.82 Å². The third-order valence-corrected chi connectivity index (χ3v) is 7.07. The fourth-order valence-corrected chi connectivity index (χ4v) is 5.32. The first kappa shape index (κ1) is 30.0. The van der Waals surface area contributed by atoms with Crippen molar-refractivity contribution in [3.63, 3.8) is 0 Å². The van der Waals surface area contributed by atoms with Crippen LogP contribution < -0.4 is 5.73 Å². The molecule has 0 fully saturated rings. The first-order chi connectivity index (χ1) is 18.5. The summed E-state index contributed by atoms with van der Waals surface area (Å²) in [7, 11) is 1.58. The molecular weight excluding hydrogens is 534 g/mol. The summed E-state index contributed by atoms with van der Waals surface area (Å²) in [6.45, 7) is 3.95. The van der Waals surface area contributed by atoms with Gasteiger partial charge in [0.15, 0.2) is 5.71 Å². The van der Waals surface area contributed by atoms with E-state index >= 15 is 0 Å². The van der Waals surface area contributed by atoms with Crippen LogP contribution in [0.1, 0.15) is 55.0 Å². The zero-order chi connectivity index (χ0) is 28.7. The summed E-state index contributed by atoms with van der Waals surface area (Å²) in [6.07, 6.45) is -2.27. The lowest BCUT2D eigenvalue weighted by Crippen LogP contribution is -2.18. The molecule has 0 saturated carbocycles. The molecule has 0 aliphatic heterocycles. The highest BCUT2D eigenvalue weighted by Gasteiger charge is 2.31. The number of hydrogen-bond donors (Lipinski definition) is 2. The maximum atomic E-state index is 13.9. The van der Waals surface area contributed by atoms with Crippen LogP contribution in [-0.4, -0.2) is 35.5 Å². The summed E-state index contributed by atoms with van der Waals surface area (Å²) in [6, 6.07) is 9.99. The van der Waals surface area contributed by atoms with Crippen molar-refractivity contribution in [2.45, 2.75) is 45.2 Å². The van der Waals surface area contributed by atoms with Crippen LogP contribution in [-0.2, 0) is 15.7 Å². The molecule has 0 aliphatic rings. The number of nitrogens with two attached hydrogens (primary N) is 1. The standard InChI is InChI=1S/C28H29F4N3O3S/c1-4-6-18(13-14-38-3)25-23(17-9-11-20(12-10-17)28(30,31)32)34-27(39-25)35-24(26(36)37)22(16(2)33)19-7-5-8-21(29)15-19/h5,7-12,15,18H,4,6,13-14,33H2,1-3H3,(H,36,37). The first-order valence-corrected chi connectivity index (χ1v) is 13.0. The number of thiazole rings is 1. The highest BCUT2D eigenvalue weighted by atomic mass is 32.1. The van der Waals surface area contributed by atoms with Crippen LogP contribution in [0.4, 0.5) is 22.7 Å². The lowest BCUT2D eigenvalue weighted by Gasteiger charge is -2.16. The predicted molar refractivity (Wildman–Crippen MR) is 145 cm³/mol. The minimum atomic E-state index is -4.49. The number of rotatable bonds is 11. The third kappa shape index (κ3) is 7.51. The van der Waals surface area contributed by atoms with E-state index in [0.29, 0.717) is 24.3 Å². The van der Waals surface area contributed by atoms with Gasteiger partial charge in [-0.25, -0.2) is 19.2 Å². The lowest BCUT2D eigenvalue weighted by atomic mass is 9.95. The summed E-state index contributed by atoms with van der Waals surface area (Å²) in [5, 5.41) is 10.1. The van der Waals surface area contributed by atoms with Gasteiger partial charge in [-0.1, -0.05) is 48.9 Å². The van der Waals surface area contributed by atoms with E-state index in [2.05, 4.69) is 9.98 Å². The van der Waals surface area contributed by atoms with Gasteiger partial charge in [0.05, 0.1) is 11.3 Å². The number of hydrogen-bond acceptors (Lipinski definition) is 6. The molecule has 2 aromatic carbocycles. The molecule has 3 aromatic rings. The molecule has 6 nitrogen and oxygen atoms in total. The van der Waals surface area contributed by atoms with Crippen LogP contribution in [0.3, 0.4) is 0 Å². The minimum absolute atomic E-state index is 0.0410. The van der Waals surface area contributed by atoms with Crippen LogP contribution >= 0.6 is 11.3 Å². The van der Waals surface area contributed by atoms with Crippen molar-refractivity contribution in [1.29, 1.82) is 0 Å². The molecule has 3 rings (SSSR count). The SMILES string of the molecule is CCCC(CCOC)c1sc(N=C(C(=O)O)C(=C(C)N)c2cccc(F)c2)nc1-c1ccc(C(F)(F)F)cc1. The predicted octanol–water partition coefficient (Wildman–Crippen LogP) is 7.44. The van der Waals surface area contributed by atoms with E-state index in [0.717, 1.165) is 47.3 Å². The van der Waals surface area contributed by atoms with E-state index in [4.69, 9.17) is 10.5 Å². The van der Waals surface area contributed by atoms with Crippen LogP contribution in [0.25, 0.3) is 16.8 Å². The fraction of sp³-hybridized carbons (Fsp3) is 0.321. The number of nitrogens with zero attached hydrogens (tertiary/aromatic N) is 2. The lowest BCUT2D eigenvalue weighted by molar-refractivity contribution is -0.137. The molecule has 0 bridgehead atoms. The van der Waals surface area contributed by atoms with E-state index in [-0.39, 0.29) is 27.9 Å². The fourth-order valence-electron chi connectivity index (χ4n) is 4.19. The van der Waals surface area contributed by atoms with E-state index in [1.807, 2.05) is 6.92 Å². The van der Waals surface area contributed by atoms with Gasteiger partial charge in [0.2, 0.25) is 5.13 Å². The van der Waals surface area contributed by atoms with Crippen molar-refractivity contribution in [3.05, 3.63) is 76.0 Å². The van der Waals surface area contributed by atoms with Gasteiger partial charge in [-0.15, -0.1) is 0 Å². The number of aliphatic carboxylic acids is 1. The first-order valence-electron chi connectivity index (χ1n) is 12.2. The van der Waals surface area contributed by atoms with Gasteiger partial charge in [-0.05, 0) is 55.5 Å². The van der Waals surface area contributed by atoms with E-state index in [9.17, 15) is 27.5 Å². The maximum absolute atomic E-state index is 13.9. The molecule has 208 valence electrons. The Hall–Kier alpha value is -3.57. The Morgan fingerprint density at radius 2 is 1.87 bits per heavy atom. The topological polar surface area (TPSA) is 97.8 Å². The molecule has 3 N–H and O–H groups in total. The van der Waals surface area contributed by atoms with Crippen molar-refractivity contribution < 1.29 is 32.2 Å². The average Bonchev–Trinajstić information content (AvgIpc) is 3.29. The summed E-state index contributed by atoms with van der Waals surface area (Å²) in [5.74, 6) is -2.01. The molecule has 1 atom stereocenters. The number of allylic oxidation sites excluding steroid dienone is 1. The number of aromatic nitrogens is 1. The molecule has 39 heavy (non-hydrogen) atoms. The Bertz CT molecular complexity index is 1360. The quantitative estimate of drug-likeness (QED) is 0.187. The van der Waals surface area contributed by atoms with Gasteiger partial charge < -0.3 is 15.6 Å². The third-order valence-electron chi connectivity index (χ3n) is 5.96. The monoisotopic (exact) mass is 563 g/mol. The number of methoxy groups -OCH3 is 1. The van der Waals surface area contributed by atoms with Crippen molar-refractivity contribution >= 4 is 33.7 Å². The Kier molecular flexibility index (Phi) is 9.98. The van der Waals surface area contributed by atoms with E-state index in [1.165, 1.54) is 37.3 Å². The Labute approximate surface area is 227 Å². The highest BCUT2D eigenvalue weighted by molar-refractivity contribution is 7.16. The number of carboxylic acid groups (broad SMARTS) is 1. The van der Waals surface area contributed by atoms with E-state index < -0.39 is 29.2 Å². The number of halogens is 4. The van der Waals surface area contributed by atoms with E-state index in [1.54, 1.807) is 7.11 Å². The molecular formula is C28H29F4N3O3S. The van der Waals surface area contributed by atoms with Crippen molar-refractivity contribution in [2.24, 2.45) is 10.7 Å². The number of benzene rings is 2. The summed E-state index contributed by atoms with van der Waals surface area (Å²) in [5.41, 5.74) is 6.07. The number of carbonyl (C=O) groups is 1. The Morgan fingerprint density at radius 1 is 1.18 bits per heavy atom. The van der Waals surface area contributed by atoms with Gasteiger partial charge in [0.25, 0.3) is 0 Å². The Morgan fingerprint density at radius 3 is 2.41 bits per heavy atom. The molecule has 1 aromatic heterocycles. The maximum Gasteiger partial charge on any atom is 0.416 e. The van der Waals surface area contributed by atoms with Gasteiger partial charge in [0, 0.05) is 35.4 Å². The summed E-state index contributed by atoms with van der Waals surface area (Å²) >= 11 is 1.16. The molecule has 11 heteroatoms. The molecule has 0 saturated heterocycles. The molecule has 0 radical (unpaired) electrons. The average molecular weight is 564 g/mol. The number of ether oxygens (including phenoxy) is 1. The van der Waals surface area contributed by atoms with Crippen molar-refractivity contribution in [1.82, 2.24) is 4.98 Å².